The Hall–Kier alpha value is -0.210. The van der Waals surface area contributed by atoms with Crippen LogP contribution in [0, 0.1) is 0 Å². The number of alkyl halides is 1. The first-order chi connectivity index (χ1) is 8.29. The second-order valence-corrected chi connectivity index (χ2v) is 5.60. The predicted octanol–water partition coefficient (Wildman–Crippen LogP) is 5.34. The molecular weight excluding hydrogens is 300 g/mol. The molecular formula is C14H18BrClO. The van der Waals surface area contributed by atoms with Crippen LogP contribution in [0.15, 0.2) is 18.2 Å². The van der Waals surface area contributed by atoms with Gasteiger partial charge in [0.1, 0.15) is 5.75 Å². The average molecular weight is 318 g/mol. The number of hydrogen-bond donors (Lipinski definition) is 0. The third kappa shape index (κ3) is 3.89. The first-order valence-corrected chi connectivity index (χ1v) is 7.80. The SMILES string of the molecule is Clc1cc(CBr)ccc1OC1CCCCCC1. The first-order valence-electron chi connectivity index (χ1n) is 6.30. The molecule has 1 fully saturated rings. The van der Waals surface area contributed by atoms with Crippen molar-refractivity contribution in [1.29, 1.82) is 0 Å². The van der Waals surface area contributed by atoms with Gasteiger partial charge in [-0.3, -0.25) is 0 Å². The molecule has 0 spiro atoms. The summed E-state index contributed by atoms with van der Waals surface area (Å²) in [4.78, 5) is 0. The second kappa shape index (κ2) is 6.65. The van der Waals surface area contributed by atoms with Crippen molar-refractivity contribution < 1.29 is 4.74 Å². The minimum absolute atomic E-state index is 0.352. The lowest BCUT2D eigenvalue weighted by Crippen LogP contribution is -2.15. The van der Waals surface area contributed by atoms with Gasteiger partial charge in [0.25, 0.3) is 0 Å². The van der Waals surface area contributed by atoms with Gasteiger partial charge in [0, 0.05) is 5.33 Å². The van der Waals surface area contributed by atoms with E-state index in [4.69, 9.17) is 16.3 Å². The molecule has 2 rings (SSSR count). The largest absolute Gasteiger partial charge is 0.489 e. The smallest absolute Gasteiger partial charge is 0.138 e. The van der Waals surface area contributed by atoms with Crippen molar-refractivity contribution >= 4 is 27.5 Å². The maximum atomic E-state index is 6.22. The van der Waals surface area contributed by atoms with Gasteiger partial charge in [-0.15, -0.1) is 0 Å². The van der Waals surface area contributed by atoms with Crippen molar-refractivity contribution in [3.05, 3.63) is 28.8 Å². The van der Waals surface area contributed by atoms with E-state index in [1.807, 2.05) is 12.1 Å². The van der Waals surface area contributed by atoms with Crippen LogP contribution in [0.1, 0.15) is 44.1 Å². The van der Waals surface area contributed by atoms with Gasteiger partial charge in [-0.2, -0.15) is 0 Å². The highest BCUT2D eigenvalue weighted by Gasteiger charge is 2.15. The van der Waals surface area contributed by atoms with Crippen LogP contribution in [0.2, 0.25) is 5.02 Å². The topological polar surface area (TPSA) is 9.23 Å². The molecule has 1 saturated carbocycles. The molecule has 0 aromatic heterocycles. The Morgan fingerprint density at radius 1 is 1.18 bits per heavy atom. The predicted molar refractivity (Wildman–Crippen MR) is 76.2 cm³/mol. The average Bonchev–Trinajstić information content (AvgIpc) is 2.60. The first kappa shape index (κ1) is 13.2. The van der Waals surface area contributed by atoms with E-state index < -0.39 is 0 Å². The zero-order valence-corrected chi connectivity index (χ0v) is 12.3. The Morgan fingerprint density at radius 2 is 1.88 bits per heavy atom. The summed E-state index contributed by atoms with van der Waals surface area (Å²) in [5.74, 6) is 0.836. The molecule has 17 heavy (non-hydrogen) atoms. The van der Waals surface area contributed by atoms with Crippen LogP contribution < -0.4 is 4.74 Å². The molecule has 0 radical (unpaired) electrons. The zero-order chi connectivity index (χ0) is 12.1. The summed E-state index contributed by atoms with van der Waals surface area (Å²) in [6.45, 7) is 0. The molecule has 0 atom stereocenters. The normalized spacial score (nSPS) is 17.8. The van der Waals surface area contributed by atoms with Crippen LogP contribution in [-0.4, -0.2) is 6.10 Å². The van der Waals surface area contributed by atoms with E-state index in [1.54, 1.807) is 0 Å². The fourth-order valence-electron chi connectivity index (χ4n) is 2.26. The number of hydrogen-bond acceptors (Lipinski definition) is 1. The number of ether oxygens (including phenoxy) is 1. The van der Waals surface area contributed by atoms with E-state index in [9.17, 15) is 0 Å². The van der Waals surface area contributed by atoms with E-state index in [0.717, 1.165) is 28.9 Å². The summed E-state index contributed by atoms with van der Waals surface area (Å²) in [5, 5.41) is 1.56. The molecule has 0 N–H and O–H groups in total. The molecule has 3 heteroatoms. The highest BCUT2D eigenvalue weighted by Crippen LogP contribution is 2.30. The molecule has 0 unspecified atom stereocenters. The maximum Gasteiger partial charge on any atom is 0.138 e. The highest BCUT2D eigenvalue weighted by molar-refractivity contribution is 9.08. The summed E-state index contributed by atoms with van der Waals surface area (Å²) in [5.41, 5.74) is 1.18. The molecule has 0 bridgehead atoms. The highest BCUT2D eigenvalue weighted by atomic mass is 79.9. The number of halogens is 2. The van der Waals surface area contributed by atoms with Crippen molar-refractivity contribution in [2.75, 3.05) is 0 Å². The summed E-state index contributed by atoms with van der Waals surface area (Å²) >= 11 is 9.65. The fourth-order valence-corrected chi connectivity index (χ4v) is 2.86. The van der Waals surface area contributed by atoms with Gasteiger partial charge in [0.15, 0.2) is 0 Å². The third-order valence-electron chi connectivity index (χ3n) is 3.25. The molecule has 0 saturated heterocycles. The number of benzene rings is 1. The lowest BCUT2D eigenvalue weighted by molar-refractivity contribution is 0.184. The van der Waals surface area contributed by atoms with Crippen LogP contribution in [-0.2, 0) is 5.33 Å². The Kier molecular flexibility index (Phi) is 5.17. The van der Waals surface area contributed by atoms with Crippen molar-refractivity contribution in [3.8, 4) is 5.75 Å². The van der Waals surface area contributed by atoms with Gasteiger partial charge in [0.2, 0.25) is 0 Å². The summed E-state index contributed by atoms with van der Waals surface area (Å²) in [7, 11) is 0. The summed E-state index contributed by atoms with van der Waals surface area (Å²) in [6.07, 6.45) is 7.92. The fraction of sp³-hybridized carbons (Fsp3) is 0.571. The van der Waals surface area contributed by atoms with Crippen LogP contribution in [0.4, 0.5) is 0 Å². The summed E-state index contributed by atoms with van der Waals surface area (Å²) in [6, 6.07) is 6.03. The molecule has 1 nitrogen and oxygen atoms in total. The molecule has 1 aliphatic rings. The molecule has 1 aromatic carbocycles. The van der Waals surface area contributed by atoms with Gasteiger partial charge in [-0.1, -0.05) is 46.4 Å². The molecule has 0 aliphatic heterocycles. The van der Waals surface area contributed by atoms with Crippen LogP contribution in [0.3, 0.4) is 0 Å². The van der Waals surface area contributed by atoms with Gasteiger partial charge < -0.3 is 4.74 Å². The maximum absolute atomic E-state index is 6.22. The Labute approximate surface area is 117 Å². The molecule has 1 aromatic rings. The van der Waals surface area contributed by atoms with Gasteiger partial charge in [0.05, 0.1) is 11.1 Å². The Bertz CT molecular complexity index is 359. The van der Waals surface area contributed by atoms with E-state index in [-0.39, 0.29) is 0 Å². The lowest BCUT2D eigenvalue weighted by atomic mass is 10.1. The van der Waals surface area contributed by atoms with Gasteiger partial charge in [-0.05, 0) is 43.4 Å². The van der Waals surface area contributed by atoms with E-state index in [2.05, 4.69) is 22.0 Å². The molecule has 94 valence electrons. The monoisotopic (exact) mass is 316 g/mol. The van der Waals surface area contributed by atoms with Crippen LogP contribution in [0.25, 0.3) is 0 Å². The molecule has 1 aliphatic carbocycles. The lowest BCUT2D eigenvalue weighted by Gasteiger charge is -2.18. The van der Waals surface area contributed by atoms with Crippen molar-refractivity contribution in [2.45, 2.75) is 50.0 Å². The Morgan fingerprint density at radius 3 is 2.47 bits per heavy atom. The van der Waals surface area contributed by atoms with Crippen molar-refractivity contribution in [1.82, 2.24) is 0 Å². The second-order valence-electron chi connectivity index (χ2n) is 4.63. The van der Waals surface area contributed by atoms with E-state index >= 15 is 0 Å². The van der Waals surface area contributed by atoms with Crippen molar-refractivity contribution in [2.24, 2.45) is 0 Å². The quantitative estimate of drug-likeness (QED) is 0.540. The van der Waals surface area contributed by atoms with Crippen LogP contribution >= 0.6 is 27.5 Å². The zero-order valence-electron chi connectivity index (χ0n) is 9.92. The van der Waals surface area contributed by atoms with E-state index in [0.29, 0.717) is 6.10 Å². The summed E-state index contributed by atoms with van der Waals surface area (Å²) < 4.78 is 6.02. The minimum Gasteiger partial charge on any atom is -0.489 e. The van der Waals surface area contributed by atoms with Crippen LogP contribution in [0.5, 0.6) is 5.75 Å². The Balaban J connectivity index is 2.01. The third-order valence-corrected chi connectivity index (χ3v) is 4.19. The minimum atomic E-state index is 0.352. The number of rotatable bonds is 3. The standard InChI is InChI=1S/C14H18BrClO/c15-10-11-7-8-14(13(16)9-11)17-12-5-3-1-2-4-6-12/h7-9,12H,1-6,10H2. The van der Waals surface area contributed by atoms with Crippen molar-refractivity contribution in [3.63, 3.8) is 0 Å². The van der Waals surface area contributed by atoms with Gasteiger partial charge in [-0.25, -0.2) is 0 Å². The molecule has 0 amide bonds. The molecule has 0 heterocycles. The van der Waals surface area contributed by atoms with E-state index in [1.165, 1.54) is 31.2 Å². The van der Waals surface area contributed by atoms with Gasteiger partial charge >= 0.3 is 0 Å².